The zero-order valence-electron chi connectivity index (χ0n) is 51.3. The molecule has 5 aliphatic rings. The summed E-state index contributed by atoms with van der Waals surface area (Å²) in [5.74, 6) is 2.08. The molecule has 0 radical (unpaired) electrons. The Morgan fingerprint density at radius 2 is 1.55 bits per heavy atom. The van der Waals surface area contributed by atoms with Crippen LogP contribution in [-0.2, 0) is 30.5 Å². The number of H-pyrrole nitrogens is 1. The van der Waals surface area contributed by atoms with E-state index in [1.54, 1.807) is 13.4 Å². The summed E-state index contributed by atoms with van der Waals surface area (Å²) in [5, 5.41) is 14.7. The highest BCUT2D eigenvalue weighted by atomic mass is 35.5. The molecule has 1 aliphatic carbocycles. The number of anilines is 1. The maximum absolute atomic E-state index is 14.4. The number of fused-ring (bicyclic) bond motifs is 1. The smallest absolute Gasteiger partial charge is 0.251 e. The second-order valence-corrected chi connectivity index (χ2v) is 24.8. The molecular weight excluding hydrogens is 1140 g/mol. The number of piperidine rings is 3. The van der Waals surface area contributed by atoms with Crippen molar-refractivity contribution in [3.63, 3.8) is 0 Å². The number of benzene rings is 3. The van der Waals surface area contributed by atoms with Gasteiger partial charge >= 0.3 is 0 Å². The molecule has 2 aromatic heterocycles. The minimum atomic E-state index is -1.03. The molecule has 4 aliphatic heterocycles. The van der Waals surface area contributed by atoms with Crippen molar-refractivity contribution in [3.8, 4) is 11.5 Å². The van der Waals surface area contributed by atoms with Crippen molar-refractivity contribution in [2.45, 2.75) is 120 Å². The number of carbonyl (C=O) groups excluding carboxylic acids is 5. The molecule has 10 rings (SSSR count). The molecule has 88 heavy (non-hydrogen) atoms. The van der Waals surface area contributed by atoms with E-state index >= 15 is 0 Å². The highest BCUT2D eigenvalue weighted by molar-refractivity contribution is 6.30. The molecule has 7 N–H and O–H groups in total. The molecule has 5 fully saturated rings. The quantitative estimate of drug-likeness (QED) is 0.0358. The van der Waals surface area contributed by atoms with Crippen LogP contribution >= 0.6 is 11.6 Å². The summed E-state index contributed by atoms with van der Waals surface area (Å²) in [4.78, 5) is 91.7. The van der Waals surface area contributed by atoms with Gasteiger partial charge in [-0.15, -0.1) is 0 Å². The van der Waals surface area contributed by atoms with Crippen molar-refractivity contribution < 1.29 is 38.2 Å². The first-order chi connectivity index (χ1) is 42.8. The van der Waals surface area contributed by atoms with Crippen molar-refractivity contribution in [1.82, 2.24) is 55.8 Å². The third-order valence-corrected chi connectivity index (χ3v) is 18.9. The molecule has 0 spiro atoms. The molecule has 22 heteroatoms. The fraction of sp³-hybridized carbons (Fsp3) is 0.561. The van der Waals surface area contributed by atoms with Gasteiger partial charge in [0, 0.05) is 119 Å². The highest BCUT2D eigenvalue weighted by Crippen LogP contribution is 2.33. The van der Waals surface area contributed by atoms with Gasteiger partial charge in [-0.3, -0.25) is 28.9 Å². The van der Waals surface area contributed by atoms with E-state index in [1.165, 1.54) is 0 Å². The van der Waals surface area contributed by atoms with E-state index in [0.29, 0.717) is 127 Å². The number of nitrogens with two attached hydrogens (primary N) is 1. The first-order valence-electron chi connectivity index (χ1n) is 32.0. The van der Waals surface area contributed by atoms with Crippen molar-refractivity contribution >= 4 is 58.0 Å². The van der Waals surface area contributed by atoms with Crippen molar-refractivity contribution in [3.05, 3.63) is 113 Å². The van der Waals surface area contributed by atoms with Crippen molar-refractivity contribution in [1.29, 1.82) is 0 Å². The zero-order valence-corrected chi connectivity index (χ0v) is 52.1. The van der Waals surface area contributed by atoms with E-state index in [2.05, 4.69) is 46.0 Å². The van der Waals surface area contributed by atoms with E-state index in [9.17, 15) is 24.0 Å². The second-order valence-electron chi connectivity index (χ2n) is 24.4. The maximum atomic E-state index is 14.4. The number of aromatic amines is 1. The lowest BCUT2D eigenvalue weighted by atomic mass is 9.83. The lowest BCUT2D eigenvalue weighted by Gasteiger charge is -2.39. The number of hydrogen-bond acceptors (Lipinski definition) is 15. The first kappa shape index (κ1) is 64.1. The molecule has 5 aromatic rings. The Hall–Kier alpha value is -6.88. The predicted molar refractivity (Wildman–Crippen MR) is 339 cm³/mol. The van der Waals surface area contributed by atoms with Crippen LogP contribution in [-0.4, -0.2) is 194 Å². The molecule has 3 aromatic carbocycles. The number of aromatic nitrogens is 3. The summed E-state index contributed by atoms with van der Waals surface area (Å²) in [6, 6.07) is 22.1. The van der Waals surface area contributed by atoms with E-state index in [-0.39, 0.29) is 66.6 Å². The Morgan fingerprint density at radius 1 is 0.784 bits per heavy atom. The summed E-state index contributed by atoms with van der Waals surface area (Å²) in [5.41, 5.74) is 10.1. The molecule has 3 atom stereocenters. The Kier molecular flexibility index (Phi) is 22.6. The Morgan fingerprint density at radius 3 is 2.31 bits per heavy atom. The molecule has 21 nitrogen and oxygen atoms in total. The van der Waals surface area contributed by atoms with Crippen LogP contribution in [0.1, 0.15) is 123 Å². The van der Waals surface area contributed by atoms with Gasteiger partial charge in [0.1, 0.15) is 35.3 Å². The normalized spacial score (nSPS) is 19.5. The van der Waals surface area contributed by atoms with E-state index in [0.717, 1.165) is 104 Å². The fourth-order valence-corrected chi connectivity index (χ4v) is 13.5. The number of halogens is 1. The molecule has 1 saturated carbocycles. The van der Waals surface area contributed by atoms with Gasteiger partial charge in [0.25, 0.3) is 5.91 Å². The maximum Gasteiger partial charge on any atom is 0.251 e. The van der Waals surface area contributed by atoms with Gasteiger partial charge in [-0.1, -0.05) is 61.2 Å². The molecule has 4 saturated heterocycles. The van der Waals surface area contributed by atoms with Crippen LogP contribution < -0.4 is 41.4 Å². The summed E-state index contributed by atoms with van der Waals surface area (Å²) in [6.45, 7) is 11.3. The van der Waals surface area contributed by atoms with Crippen molar-refractivity contribution in [2.75, 3.05) is 117 Å². The average Bonchev–Trinajstić information content (AvgIpc) is 3.87. The number of piperazine rings is 1. The number of hydrogen-bond donors (Lipinski definition) is 6. The van der Waals surface area contributed by atoms with Gasteiger partial charge < -0.3 is 65.8 Å². The zero-order chi connectivity index (χ0) is 61.4. The van der Waals surface area contributed by atoms with Gasteiger partial charge in [-0.05, 0) is 118 Å². The summed E-state index contributed by atoms with van der Waals surface area (Å²) in [6.07, 6.45) is 13.2. The highest BCUT2D eigenvalue weighted by Gasteiger charge is 2.40. The summed E-state index contributed by atoms with van der Waals surface area (Å²) < 4.78 is 17.5. The van der Waals surface area contributed by atoms with E-state index in [4.69, 9.17) is 31.5 Å². The van der Waals surface area contributed by atoms with Gasteiger partial charge in [0.05, 0.1) is 56.5 Å². The van der Waals surface area contributed by atoms with Crippen LogP contribution in [0.15, 0.2) is 85.3 Å². The monoisotopic (exact) mass is 1230 g/mol. The summed E-state index contributed by atoms with van der Waals surface area (Å²) >= 11 is 6.28. The minimum Gasteiger partial charge on any atom is -0.497 e. The Labute approximate surface area is 522 Å². The predicted octanol–water partition coefficient (Wildman–Crippen LogP) is 6.18. The molecule has 1 unspecified atom stereocenters. The van der Waals surface area contributed by atoms with Crippen LogP contribution in [0.3, 0.4) is 0 Å². The lowest BCUT2D eigenvalue weighted by Crippen LogP contribution is -2.60. The second kappa shape index (κ2) is 31.0. The molecule has 5 amide bonds. The lowest BCUT2D eigenvalue weighted by molar-refractivity contribution is -0.137. The SMILES string of the molecule is CCOc1cc(OC)ccc1CNCC(=O)N1CCCC(c2cccc(C(=O)N[C@@H](C(=O)N3CCC(OCCNCC(=O)N4CCN(CC[C@H](NC(=O)C5(N)CCN(c6ncnc7[nH]ccc67)CC5)c5ccc(Cl)cc5)CC4)CC3)C3CCCCC3)c2)C1. The van der Waals surface area contributed by atoms with Gasteiger partial charge in [0.2, 0.25) is 23.6 Å². The minimum absolute atomic E-state index is 0.00900. The number of ether oxygens (including phenoxy) is 3. The average molecular weight is 1230 g/mol. The third kappa shape index (κ3) is 16.7. The Balaban J connectivity index is 0.624. The van der Waals surface area contributed by atoms with Crippen LogP contribution in [0.4, 0.5) is 5.82 Å². The van der Waals surface area contributed by atoms with E-state index < -0.39 is 11.6 Å². The van der Waals surface area contributed by atoms with Gasteiger partial charge in [-0.25, -0.2) is 9.97 Å². The van der Waals surface area contributed by atoms with Crippen LogP contribution in [0.2, 0.25) is 5.02 Å². The summed E-state index contributed by atoms with van der Waals surface area (Å²) in [7, 11) is 1.62. The number of amides is 5. The first-order valence-corrected chi connectivity index (χ1v) is 32.4. The fourth-order valence-electron chi connectivity index (χ4n) is 13.3. The molecule has 474 valence electrons. The van der Waals surface area contributed by atoms with Crippen LogP contribution in [0.5, 0.6) is 11.5 Å². The van der Waals surface area contributed by atoms with E-state index in [1.807, 2.05) is 101 Å². The number of nitrogens with zero attached hydrogens (tertiary/aromatic N) is 7. The standard InChI is InChI=1S/C66H90ClN13O8/c1-3-87-57-40-54(86-2)19-16-50(57)41-70-43-59(82)80-28-8-13-51(44-80)48-11-7-12-49(39-48)63(83)75-60(47-9-5-4-6-10-47)64(84)79-30-21-53(22-31-79)88-38-27-69-42-58(81)77-36-34-76(35-37-77)29-23-56(46-14-17-52(67)18-15-46)74-65(85)66(68)24-32-78(33-25-66)62-55-20-26-71-61(55)72-45-73-62/h7,11-12,14-20,26,39-40,45,47,51,53,56,60,69-70H,3-6,8-10,13,21-25,27-38,41-44,68H2,1-2H3,(H,74,85)(H,75,83)(H,71,72,73)/t51?,56-,60+/m0/s1. The number of methoxy groups -OCH3 is 1. The van der Waals surface area contributed by atoms with Crippen molar-refractivity contribution in [2.24, 2.45) is 11.7 Å². The van der Waals surface area contributed by atoms with Crippen LogP contribution in [0.25, 0.3) is 11.0 Å². The van der Waals surface area contributed by atoms with Crippen LogP contribution in [0, 0.1) is 5.92 Å². The molecular formula is C66H90ClN13O8. The third-order valence-electron chi connectivity index (χ3n) is 18.7. The largest absolute Gasteiger partial charge is 0.497 e. The topological polar surface area (TPSA) is 245 Å². The molecule has 0 bridgehead atoms. The number of likely N-dealkylation sites (tertiary alicyclic amines) is 2. The van der Waals surface area contributed by atoms with Gasteiger partial charge in [-0.2, -0.15) is 0 Å². The molecule has 6 heterocycles. The number of carbonyl (C=O) groups is 5. The number of nitrogens with one attached hydrogen (secondary N) is 5. The van der Waals surface area contributed by atoms with Gasteiger partial charge in [0.15, 0.2) is 0 Å². The Bertz CT molecular complexity index is 3120. The number of rotatable bonds is 25.